The van der Waals surface area contributed by atoms with Crippen LogP contribution in [0.15, 0.2) is 60.8 Å². The molecular weight excluding hydrogens is 669 g/mol. The molecule has 0 aliphatic heterocycles. The first kappa shape index (κ1) is 48.7. The van der Waals surface area contributed by atoms with Gasteiger partial charge in [0.15, 0.2) is 6.10 Å². The number of esters is 2. The van der Waals surface area contributed by atoms with Crippen molar-refractivity contribution in [2.24, 2.45) is 5.73 Å². The predicted octanol–water partition coefficient (Wildman–Crippen LogP) is 9.52. The molecule has 0 rings (SSSR count). The summed E-state index contributed by atoms with van der Waals surface area (Å²) in [6.07, 6.45) is 37.2. The van der Waals surface area contributed by atoms with Crippen LogP contribution in [0.1, 0.15) is 142 Å². The van der Waals surface area contributed by atoms with Crippen LogP contribution in [-0.4, -0.2) is 60.5 Å². The molecule has 0 fully saturated rings. The Labute approximate surface area is 309 Å². The van der Waals surface area contributed by atoms with Gasteiger partial charge in [0, 0.05) is 19.4 Å². The minimum Gasteiger partial charge on any atom is -0.462 e. The number of aliphatic hydroxyl groups excluding tert-OH is 1. The third-order valence-electron chi connectivity index (χ3n) is 7.75. The topological polar surface area (TPSA) is 155 Å². The van der Waals surface area contributed by atoms with E-state index >= 15 is 0 Å². The molecule has 0 saturated carbocycles. The van der Waals surface area contributed by atoms with Crippen LogP contribution in [0.5, 0.6) is 0 Å². The highest BCUT2D eigenvalue weighted by Crippen LogP contribution is 2.43. The Bertz CT molecular complexity index is 1040. The molecule has 0 spiro atoms. The van der Waals surface area contributed by atoms with Crippen molar-refractivity contribution >= 4 is 19.8 Å². The van der Waals surface area contributed by atoms with Crippen LogP contribution in [0.3, 0.4) is 0 Å². The van der Waals surface area contributed by atoms with Crippen molar-refractivity contribution in [3.63, 3.8) is 0 Å². The van der Waals surface area contributed by atoms with Gasteiger partial charge in [-0.25, -0.2) is 4.57 Å². The Balaban J connectivity index is 4.39. The van der Waals surface area contributed by atoms with Gasteiger partial charge in [-0.1, -0.05) is 145 Å². The molecule has 0 heterocycles. The van der Waals surface area contributed by atoms with Gasteiger partial charge in [0.25, 0.3) is 0 Å². The predicted molar refractivity (Wildman–Crippen MR) is 207 cm³/mol. The van der Waals surface area contributed by atoms with Gasteiger partial charge >= 0.3 is 19.8 Å². The van der Waals surface area contributed by atoms with E-state index in [2.05, 4.69) is 26.0 Å². The number of hydrogen-bond donors (Lipinski definition) is 3. The van der Waals surface area contributed by atoms with E-state index in [-0.39, 0.29) is 32.6 Å². The molecule has 2 unspecified atom stereocenters. The van der Waals surface area contributed by atoms with Gasteiger partial charge in [-0.3, -0.25) is 18.6 Å². The van der Waals surface area contributed by atoms with E-state index in [0.29, 0.717) is 25.7 Å². The number of phosphoric ester groups is 1. The maximum Gasteiger partial charge on any atom is 0.472 e. The molecule has 11 heteroatoms. The van der Waals surface area contributed by atoms with E-state index < -0.39 is 38.6 Å². The van der Waals surface area contributed by atoms with Crippen LogP contribution < -0.4 is 5.73 Å². The smallest absolute Gasteiger partial charge is 0.462 e. The number of allylic oxidation sites excluding steroid dienone is 8. The Hall–Kier alpha value is -2.33. The number of carbonyl (C=O) groups excluding carboxylic acids is 2. The minimum absolute atomic E-state index is 0.0351. The van der Waals surface area contributed by atoms with Gasteiger partial charge in [0.2, 0.25) is 0 Å². The molecule has 0 aromatic rings. The maximum absolute atomic E-state index is 12.5. The van der Waals surface area contributed by atoms with Gasteiger partial charge in [-0.05, 0) is 44.9 Å². The summed E-state index contributed by atoms with van der Waals surface area (Å²) in [5.41, 5.74) is 5.32. The molecule has 0 saturated heterocycles. The van der Waals surface area contributed by atoms with E-state index in [0.717, 1.165) is 38.5 Å². The van der Waals surface area contributed by atoms with E-state index in [4.69, 9.17) is 24.3 Å². The van der Waals surface area contributed by atoms with Gasteiger partial charge in [0.05, 0.1) is 19.3 Å². The molecule has 10 nitrogen and oxygen atoms in total. The van der Waals surface area contributed by atoms with Crippen molar-refractivity contribution in [2.45, 2.75) is 154 Å². The van der Waals surface area contributed by atoms with Crippen molar-refractivity contribution in [1.82, 2.24) is 0 Å². The number of carbonyl (C=O) groups is 2. The molecule has 0 aliphatic carbocycles. The average molecular weight is 740 g/mol. The normalized spacial score (nSPS) is 14.7. The number of hydrogen-bond acceptors (Lipinski definition) is 9. The number of aliphatic hydroxyl groups is 1. The Morgan fingerprint density at radius 1 is 0.706 bits per heavy atom. The molecular formula is C40H70NO9P. The van der Waals surface area contributed by atoms with E-state index in [1.807, 2.05) is 42.5 Å². The number of nitrogens with two attached hydrogens (primary N) is 1. The first-order valence-corrected chi connectivity index (χ1v) is 20.9. The largest absolute Gasteiger partial charge is 0.472 e. The van der Waals surface area contributed by atoms with Crippen LogP contribution in [0.25, 0.3) is 0 Å². The highest BCUT2D eigenvalue weighted by molar-refractivity contribution is 7.47. The fraction of sp³-hybridized carbons (Fsp3) is 0.700. The molecule has 0 radical (unpaired) electrons. The Kier molecular flexibility index (Phi) is 34.4. The highest BCUT2D eigenvalue weighted by Gasteiger charge is 2.25. The summed E-state index contributed by atoms with van der Waals surface area (Å²) in [6, 6.07) is 0. The van der Waals surface area contributed by atoms with Crippen molar-refractivity contribution in [3.05, 3.63) is 60.8 Å². The van der Waals surface area contributed by atoms with Gasteiger partial charge in [-0.2, -0.15) is 0 Å². The Morgan fingerprint density at radius 3 is 1.98 bits per heavy atom. The SMILES string of the molecule is CC/C=C\C/C=C\CC(O)/C=C/C=C\C/C=C\CCCC(=O)OC[C@H](COP(=O)(O)OCCN)OC(=O)CCCCCCCCCCCCCC. The van der Waals surface area contributed by atoms with Gasteiger partial charge in [-0.15, -0.1) is 0 Å². The van der Waals surface area contributed by atoms with Crippen LogP contribution >= 0.6 is 7.82 Å². The summed E-state index contributed by atoms with van der Waals surface area (Å²) in [5, 5.41) is 9.98. The highest BCUT2D eigenvalue weighted by atomic mass is 31.2. The van der Waals surface area contributed by atoms with Crippen molar-refractivity contribution in [1.29, 1.82) is 0 Å². The zero-order valence-corrected chi connectivity index (χ0v) is 32.6. The fourth-order valence-corrected chi connectivity index (χ4v) is 5.64. The molecule has 3 atom stereocenters. The molecule has 0 aliphatic rings. The number of ether oxygens (including phenoxy) is 2. The first-order chi connectivity index (χ1) is 24.7. The third-order valence-corrected chi connectivity index (χ3v) is 8.73. The monoisotopic (exact) mass is 739 g/mol. The van der Waals surface area contributed by atoms with Crippen LogP contribution in [-0.2, 0) is 32.7 Å². The van der Waals surface area contributed by atoms with Gasteiger partial charge < -0.3 is 25.2 Å². The summed E-state index contributed by atoms with van der Waals surface area (Å²) >= 11 is 0. The van der Waals surface area contributed by atoms with E-state index in [1.165, 1.54) is 51.4 Å². The van der Waals surface area contributed by atoms with E-state index in [9.17, 15) is 24.2 Å². The van der Waals surface area contributed by atoms with Crippen LogP contribution in [0, 0.1) is 0 Å². The number of phosphoric acid groups is 1. The summed E-state index contributed by atoms with van der Waals surface area (Å²) in [4.78, 5) is 34.7. The standard InChI is InChI=1S/C40H70NO9P/c1-3-5-7-9-11-12-13-14-15-20-24-28-32-40(44)50-38(36-49-51(45,46)48-34-33-41)35-47-39(43)31-27-23-19-17-16-18-22-26-30-37(42)29-25-21-10-8-6-4-2/h6,8,17-19,21-22,25-26,30,37-38,42H,3-5,7,9-16,20,23-24,27-29,31-36,41H2,1-2H3,(H,45,46)/b8-6-,19-17-,22-18-,25-21-,30-26+/t37?,38-/m1/s1. The quantitative estimate of drug-likeness (QED) is 0.0188. The summed E-state index contributed by atoms with van der Waals surface area (Å²) < 4.78 is 32.6. The second kappa shape index (κ2) is 36.0. The summed E-state index contributed by atoms with van der Waals surface area (Å²) in [6.45, 7) is 3.43. The maximum atomic E-state index is 12.5. The number of unbranched alkanes of at least 4 members (excludes halogenated alkanes) is 12. The lowest BCUT2D eigenvalue weighted by atomic mass is 10.0. The zero-order chi connectivity index (χ0) is 37.7. The zero-order valence-electron chi connectivity index (χ0n) is 31.7. The fourth-order valence-electron chi connectivity index (χ4n) is 4.87. The van der Waals surface area contributed by atoms with Crippen molar-refractivity contribution in [3.8, 4) is 0 Å². The molecule has 51 heavy (non-hydrogen) atoms. The summed E-state index contributed by atoms with van der Waals surface area (Å²) in [7, 11) is -4.40. The molecule has 0 bridgehead atoms. The van der Waals surface area contributed by atoms with Crippen molar-refractivity contribution < 1.29 is 42.7 Å². The average Bonchev–Trinajstić information content (AvgIpc) is 3.11. The minimum atomic E-state index is -4.40. The third kappa shape index (κ3) is 35.8. The second-order valence-electron chi connectivity index (χ2n) is 12.6. The lowest BCUT2D eigenvalue weighted by Crippen LogP contribution is -2.29. The second-order valence-corrected chi connectivity index (χ2v) is 14.1. The summed E-state index contributed by atoms with van der Waals surface area (Å²) in [5.74, 6) is -0.941. The number of rotatable bonds is 35. The van der Waals surface area contributed by atoms with Crippen LogP contribution in [0.4, 0.5) is 0 Å². The van der Waals surface area contributed by atoms with Crippen molar-refractivity contribution in [2.75, 3.05) is 26.4 Å². The Morgan fingerprint density at radius 2 is 1.31 bits per heavy atom. The van der Waals surface area contributed by atoms with Crippen LogP contribution in [0.2, 0.25) is 0 Å². The van der Waals surface area contributed by atoms with E-state index in [1.54, 1.807) is 6.08 Å². The molecule has 4 N–H and O–H groups in total. The molecule has 0 aromatic heterocycles. The van der Waals surface area contributed by atoms with Gasteiger partial charge in [0.1, 0.15) is 6.61 Å². The lowest BCUT2D eigenvalue weighted by Gasteiger charge is -2.19. The molecule has 0 aromatic carbocycles. The lowest BCUT2D eigenvalue weighted by molar-refractivity contribution is -0.161. The first-order valence-electron chi connectivity index (χ1n) is 19.4. The molecule has 0 amide bonds. The molecule has 294 valence electrons.